The minimum atomic E-state index is -0.223. The van der Waals surface area contributed by atoms with Crippen LogP contribution in [0.25, 0.3) is 0 Å². The van der Waals surface area contributed by atoms with Gasteiger partial charge in [-0.1, -0.05) is 41.9 Å². The number of carbonyl (C=O) groups excluding carboxylic acids is 1. The standard InChI is InChI=1S/C22H27ClN2O2/c1-22(2,25-13-7-8-14-25)20(16-9-5-4-6-10-16)24-21(26)18-15-17(27-3)11-12-19(18)23/h4-6,9-12,15,20H,7-8,13-14H2,1-3H3,(H,24,26). The number of methoxy groups -OCH3 is 1. The van der Waals surface area contributed by atoms with E-state index in [9.17, 15) is 4.79 Å². The monoisotopic (exact) mass is 386 g/mol. The van der Waals surface area contributed by atoms with Crippen LogP contribution in [0.1, 0.15) is 48.7 Å². The van der Waals surface area contributed by atoms with Gasteiger partial charge in [-0.2, -0.15) is 0 Å². The Kier molecular flexibility index (Phi) is 6.08. The number of rotatable bonds is 6. The number of hydrogen-bond acceptors (Lipinski definition) is 3. The normalized spacial score (nSPS) is 16.1. The Morgan fingerprint density at radius 2 is 1.81 bits per heavy atom. The highest BCUT2D eigenvalue weighted by molar-refractivity contribution is 6.33. The van der Waals surface area contributed by atoms with Crippen LogP contribution in [0.15, 0.2) is 48.5 Å². The molecule has 1 saturated heterocycles. The molecule has 4 nitrogen and oxygen atoms in total. The van der Waals surface area contributed by atoms with Crippen molar-refractivity contribution in [1.82, 2.24) is 10.2 Å². The quantitative estimate of drug-likeness (QED) is 0.782. The lowest BCUT2D eigenvalue weighted by Crippen LogP contribution is -2.52. The second-order valence-corrected chi connectivity index (χ2v) is 7.92. The van der Waals surface area contributed by atoms with Gasteiger partial charge >= 0.3 is 0 Å². The Morgan fingerprint density at radius 1 is 1.15 bits per heavy atom. The zero-order valence-electron chi connectivity index (χ0n) is 16.2. The SMILES string of the molecule is COc1ccc(Cl)c(C(=O)NC(c2ccccc2)C(C)(C)N2CCCC2)c1. The van der Waals surface area contributed by atoms with E-state index in [0.717, 1.165) is 18.7 Å². The van der Waals surface area contributed by atoms with Gasteiger partial charge in [0.1, 0.15) is 5.75 Å². The number of ether oxygens (including phenoxy) is 1. The van der Waals surface area contributed by atoms with Gasteiger partial charge in [0.05, 0.1) is 23.7 Å². The van der Waals surface area contributed by atoms with Crippen molar-refractivity contribution in [3.63, 3.8) is 0 Å². The van der Waals surface area contributed by atoms with Gasteiger partial charge in [-0.25, -0.2) is 0 Å². The van der Waals surface area contributed by atoms with Gasteiger partial charge in [-0.3, -0.25) is 9.69 Å². The number of nitrogens with zero attached hydrogens (tertiary/aromatic N) is 1. The van der Waals surface area contributed by atoms with E-state index in [1.807, 2.05) is 18.2 Å². The van der Waals surface area contributed by atoms with Crippen LogP contribution in [0.2, 0.25) is 5.02 Å². The van der Waals surface area contributed by atoms with E-state index in [2.05, 4.69) is 36.2 Å². The van der Waals surface area contributed by atoms with Crippen LogP contribution in [-0.2, 0) is 0 Å². The molecule has 5 heteroatoms. The molecule has 0 saturated carbocycles. The molecule has 1 atom stereocenters. The third-order valence-electron chi connectivity index (χ3n) is 5.45. The third-order valence-corrected chi connectivity index (χ3v) is 5.78. The lowest BCUT2D eigenvalue weighted by Gasteiger charge is -2.42. The van der Waals surface area contributed by atoms with Gasteiger partial charge in [0.2, 0.25) is 0 Å². The van der Waals surface area contributed by atoms with Crippen molar-refractivity contribution in [2.24, 2.45) is 0 Å². The zero-order chi connectivity index (χ0) is 19.4. The molecule has 0 aromatic heterocycles. The van der Waals surface area contributed by atoms with E-state index in [4.69, 9.17) is 16.3 Å². The molecular formula is C22H27ClN2O2. The zero-order valence-corrected chi connectivity index (χ0v) is 16.9. The molecule has 3 rings (SSSR count). The van der Waals surface area contributed by atoms with Crippen LogP contribution in [0, 0.1) is 0 Å². The maximum absolute atomic E-state index is 13.1. The second kappa shape index (κ2) is 8.32. The molecule has 1 aliphatic rings. The first-order valence-electron chi connectivity index (χ1n) is 9.38. The fourth-order valence-corrected chi connectivity index (χ4v) is 4.01. The Hall–Kier alpha value is -2.04. The number of carbonyl (C=O) groups is 1. The third kappa shape index (κ3) is 4.28. The molecule has 0 bridgehead atoms. The summed E-state index contributed by atoms with van der Waals surface area (Å²) < 4.78 is 5.25. The van der Waals surface area contributed by atoms with Crippen LogP contribution in [0.3, 0.4) is 0 Å². The molecule has 1 N–H and O–H groups in total. The predicted octanol–water partition coefficient (Wildman–Crippen LogP) is 4.69. The number of nitrogens with one attached hydrogen (secondary N) is 1. The maximum atomic E-state index is 13.1. The number of benzene rings is 2. The first-order valence-corrected chi connectivity index (χ1v) is 9.75. The molecule has 1 heterocycles. The van der Waals surface area contributed by atoms with E-state index in [0.29, 0.717) is 16.3 Å². The smallest absolute Gasteiger partial charge is 0.253 e. The summed E-state index contributed by atoms with van der Waals surface area (Å²) >= 11 is 6.29. The van der Waals surface area contributed by atoms with Crippen LogP contribution < -0.4 is 10.1 Å². The molecule has 0 radical (unpaired) electrons. The number of hydrogen-bond donors (Lipinski definition) is 1. The fraction of sp³-hybridized carbons (Fsp3) is 0.409. The molecule has 1 unspecified atom stereocenters. The fourth-order valence-electron chi connectivity index (χ4n) is 3.80. The molecule has 144 valence electrons. The molecule has 1 aliphatic heterocycles. The molecule has 2 aromatic carbocycles. The first kappa shape index (κ1) is 19.7. The molecule has 0 aliphatic carbocycles. The summed E-state index contributed by atoms with van der Waals surface area (Å²) in [7, 11) is 1.58. The van der Waals surface area contributed by atoms with Gasteiger partial charge in [0.25, 0.3) is 5.91 Å². The van der Waals surface area contributed by atoms with Gasteiger partial charge in [0, 0.05) is 5.54 Å². The van der Waals surface area contributed by atoms with Crippen molar-refractivity contribution < 1.29 is 9.53 Å². The molecule has 27 heavy (non-hydrogen) atoms. The topological polar surface area (TPSA) is 41.6 Å². The molecule has 1 fully saturated rings. The van der Waals surface area contributed by atoms with Crippen LogP contribution in [0.5, 0.6) is 5.75 Å². The first-order chi connectivity index (χ1) is 12.9. The van der Waals surface area contributed by atoms with E-state index >= 15 is 0 Å². The molecule has 1 amide bonds. The van der Waals surface area contributed by atoms with Crippen molar-refractivity contribution in [2.45, 2.75) is 38.3 Å². The highest BCUT2D eigenvalue weighted by Gasteiger charge is 2.38. The molecule has 0 spiro atoms. The molecular weight excluding hydrogens is 360 g/mol. The van der Waals surface area contributed by atoms with Crippen LogP contribution in [-0.4, -0.2) is 36.5 Å². The van der Waals surface area contributed by atoms with Gasteiger partial charge in [-0.15, -0.1) is 0 Å². The number of amides is 1. The van der Waals surface area contributed by atoms with Crippen molar-refractivity contribution in [3.8, 4) is 5.75 Å². The van der Waals surface area contributed by atoms with Crippen molar-refractivity contribution in [1.29, 1.82) is 0 Å². The van der Waals surface area contributed by atoms with Crippen LogP contribution >= 0.6 is 11.6 Å². The molecule has 2 aromatic rings. The summed E-state index contributed by atoms with van der Waals surface area (Å²) in [6.07, 6.45) is 2.39. The second-order valence-electron chi connectivity index (χ2n) is 7.51. The Labute approximate surface area is 166 Å². The average molecular weight is 387 g/mol. The van der Waals surface area contributed by atoms with Gasteiger partial charge in [0.15, 0.2) is 0 Å². The lowest BCUT2D eigenvalue weighted by molar-refractivity contribution is 0.0778. The largest absolute Gasteiger partial charge is 0.497 e. The number of halogens is 1. The highest BCUT2D eigenvalue weighted by Crippen LogP contribution is 2.34. The van der Waals surface area contributed by atoms with E-state index in [-0.39, 0.29) is 17.5 Å². The minimum absolute atomic E-state index is 0.161. The van der Waals surface area contributed by atoms with Gasteiger partial charge < -0.3 is 10.1 Å². The summed E-state index contributed by atoms with van der Waals surface area (Å²) in [6.45, 7) is 6.49. The lowest BCUT2D eigenvalue weighted by atomic mass is 9.86. The van der Waals surface area contributed by atoms with Crippen molar-refractivity contribution in [3.05, 3.63) is 64.7 Å². The van der Waals surface area contributed by atoms with Crippen LogP contribution in [0.4, 0.5) is 0 Å². The number of likely N-dealkylation sites (tertiary alicyclic amines) is 1. The highest BCUT2D eigenvalue weighted by atomic mass is 35.5. The maximum Gasteiger partial charge on any atom is 0.253 e. The Morgan fingerprint density at radius 3 is 2.44 bits per heavy atom. The van der Waals surface area contributed by atoms with Crippen molar-refractivity contribution >= 4 is 17.5 Å². The average Bonchev–Trinajstić information content (AvgIpc) is 3.22. The Bertz CT molecular complexity index is 786. The van der Waals surface area contributed by atoms with Crippen molar-refractivity contribution in [2.75, 3.05) is 20.2 Å². The van der Waals surface area contributed by atoms with E-state index < -0.39 is 0 Å². The van der Waals surface area contributed by atoms with E-state index in [1.165, 1.54) is 12.8 Å². The summed E-state index contributed by atoms with van der Waals surface area (Å²) in [5.41, 5.74) is 1.29. The summed E-state index contributed by atoms with van der Waals surface area (Å²) in [6, 6.07) is 15.1. The summed E-state index contributed by atoms with van der Waals surface area (Å²) in [5, 5.41) is 3.65. The summed E-state index contributed by atoms with van der Waals surface area (Å²) in [4.78, 5) is 15.6. The Balaban J connectivity index is 1.93. The minimum Gasteiger partial charge on any atom is -0.497 e. The summed E-state index contributed by atoms with van der Waals surface area (Å²) in [5.74, 6) is 0.416. The van der Waals surface area contributed by atoms with E-state index in [1.54, 1.807) is 25.3 Å². The predicted molar refractivity (Wildman–Crippen MR) is 110 cm³/mol. The van der Waals surface area contributed by atoms with Gasteiger partial charge in [-0.05, 0) is 63.5 Å².